The molecular formula is C29H39N3O6S4. The van der Waals surface area contributed by atoms with Crippen LogP contribution in [-0.2, 0) is 31.1 Å². The molecule has 1 N–H and O–H groups in total. The van der Waals surface area contributed by atoms with Gasteiger partial charge in [-0.1, -0.05) is 87.1 Å². The first-order chi connectivity index (χ1) is 20.1. The predicted molar refractivity (Wildman–Crippen MR) is 172 cm³/mol. The number of rotatable bonds is 14. The number of hydrogen-bond donors (Lipinski definition) is 1. The second-order valence-electron chi connectivity index (χ2n) is 9.46. The number of unbranched alkanes of at least 4 members (excludes halogenated alkanes) is 1. The number of nitrogens with one attached hydrogen (secondary N) is 1. The van der Waals surface area contributed by atoms with Crippen molar-refractivity contribution in [2.24, 2.45) is 0 Å². The molecule has 0 fully saturated rings. The van der Waals surface area contributed by atoms with Gasteiger partial charge in [-0.2, -0.15) is 22.7 Å². The van der Waals surface area contributed by atoms with Crippen LogP contribution in [0.2, 0.25) is 0 Å². The fraction of sp³-hybridized carbons (Fsp3) is 0.414. The van der Waals surface area contributed by atoms with Crippen LogP contribution in [0.15, 0.2) is 70.6 Å². The Morgan fingerprint density at radius 3 is 2.40 bits per heavy atom. The van der Waals surface area contributed by atoms with E-state index in [1.165, 1.54) is 12.8 Å². The Hall–Kier alpha value is -2.26. The molecule has 1 aliphatic rings. The first-order valence-electron chi connectivity index (χ1n) is 14.0. The van der Waals surface area contributed by atoms with E-state index in [1.54, 1.807) is 30.0 Å². The van der Waals surface area contributed by atoms with Gasteiger partial charge in [-0.05, 0) is 30.7 Å². The lowest BCUT2D eigenvalue weighted by Gasteiger charge is -2.20. The fourth-order valence-electron chi connectivity index (χ4n) is 4.02. The van der Waals surface area contributed by atoms with E-state index in [4.69, 9.17) is 4.28 Å². The van der Waals surface area contributed by atoms with Crippen molar-refractivity contribution in [1.82, 2.24) is 5.48 Å². The van der Waals surface area contributed by atoms with E-state index in [0.717, 1.165) is 30.8 Å². The molecule has 1 aliphatic heterocycles. The molecule has 0 unspecified atom stereocenters. The van der Waals surface area contributed by atoms with E-state index < -0.39 is 26.0 Å². The lowest BCUT2D eigenvalue weighted by atomic mass is 10.3. The largest absolute Gasteiger partial charge is 0.748 e. The van der Waals surface area contributed by atoms with Crippen molar-refractivity contribution in [3.8, 4) is 0 Å². The zero-order chi connectivity index (χ0) is 30.6. The van der Waals surface area contributed by atoms with Crippen LogP contribution >= 0.6 is 23.1 Å². The van der Waals surface area contributed by atoms with Crippen molar-refractivity contribution >= 4 is 65.3 Å². The van der Waals surface area contributed by atoms with Gasteiger partial charge in [0.25, 0.3) is 15.1 Å². The number of nitrogens with zero attached hydrogens (tertiary/aromatic N) is 2. The smallest absolute Gasteiger partial charge is 0.283 e. The number of thiazole rings is 1. The van der Waals surface area contributed by atoms with Crippen molar-refractivity contribution in [3.05, 3.63) is 70.7 Å². The average Bonchev–Trinajstić information content (AvgIpc) is 3.49. The number of thioether (sulfide) groups is 1. The molecule has 42 heavy (non-hydrogen) atoms. The van der Waals surface area contributed by atoms with Crippen LogP contribution in [0.1, 0.15) is 51.5 Å². The lowest BCUT2D eigenvalue weighted by Crippen LogP contribution is -2.35. The van der Waals surface area contributed by atoms with Crippen LogP contribution in [-0.4, -0.2) is 46.0 Å². The number of anilines is 1. The Kier molecular flexibility index (Phi) is 13.5. The van der Waals surface area contributed by atoms with Crippen molar-refractivity contribution in [1.29, 1.82) is 0 Å². The predicted octanol–water partition coefficient (Wildman–Crippen LogP) is 5.66. The van der Waals surface area contributed by atoms with Crippen LogP contribution < -0.4 is 14.9 Å². The minimum absolute atomic E-state index is 0.104. The van der Waals surface area contributed by atoms with Crippen molar-refractivity contribution in [3.63, 3.8) is 0 Å². The van der Waals surface area contributed by atoms with Gasteiger partial charge in [0.15, 0.2) is 6.54 Å². The summed E-state index contributed by atoms with van der Waals surface area (Å²) < 4.78 is 65.3. The van der Waals surface area contributed by atoms with Crippen LogP contribution in [0.5, 0.6) is 0 Å². The highest BCUT2D eigenvalue weighted by atomic mass is 32.2. The van der Waals surface area contributed by atoms with Gasteiger partial charge in [-0.25, -0.2) is 8.42 Å². The molecule has 3 aromatic rings. The van der Waals surface area contributed by atoms with Crippen molar-refractivity contribution in [2.45, 2.75) is 57.9 Å². The van der Waals surface area contributed by atoms with Crippen molar-refractivity contribution in [2.75, 3.05) is 29.5 Å². The fourth-order valence-corrected chi connectivity index (χ4v) is 7.57. The summed E-state index contributed by atoms with van der Waals surface area (Å²) in [6.07, 6.45) is 9.17. The maximum absolute atomic E-state index is 12.1. The molecule has 2 heterocycles. The molecule has 0 atom stereocenters. The van der Waals surface area contributed by atoms with E-state index in [2.05, 4.69) is 24.2 Å². The summed E-state index contributed by atoms with van der Waals surface area (Å²) in [6.45, 7) is 7.43. The number of para-hydroxylation sites is 2. The molecule has 0 spiro atoms. The normalized spacial score (nSPS) is 14.5. The summed E-state index contributed by atoms with van der Waals surface area (Å²) in [5.74, 6) is -0.510. The van der Waals surface area contributed by atoms with Crippen LogP contribution in [0, 0.1) is 0 Å². The lowest BCUT2D eigenvalue weighted by molar-refractivity contribution is -0.668. The summed E-state index contributed by atoms with van der Waals surface area (Å²) in [6, 6.07) is 15.8. The first kappa shape index (κ1) is 34.2. The molecule has 0 bridgehead atoms. The van der Waals surface area contributed by atoms with E-state index in [0.29, 0.717) is 26.1 Å². The monoisotopic (exact) mass is 653 g/mol. The number of hydrogen-bond acceptors (Lipinski definition) is 10. The summed E-state index contributed by atoms with van der Waals surface area (Å²) in [7, 11) is -7.92. The summed E-state index contributed by atoms with van der Waals surface area (Å²) >= 11 is 3.20. The molecule has 0 amide bonds. The number of aromatic nitrogens is 1. The maximum atomic E-state index is 12.1. The third kappa shape index (κ3) is 10.5. The highest BCUT2D eigenvalue weighted by Crippen LogP contribution is 2.45. The second-order valence-corrected chi connectivity index (χ2v) is 14.8. The quantitative estimate of drug-likeness (QED) is 0.134. The van der Waals surface area contributed by atoms with Crippen LogP contribution in [0.25, 0.3) is 16.3 Å². The summed E-state index contributed by atoms with van der Waals surface area (Å²) in [4.78, 5) is 3.19. The molecule has 0 radical (unpaired) electrons. The molecule has 0 saturated carbocycles. The minimum Gasteiger partial charge on any atom is -0.748 e. The Bertz CT molecular complexity index is 1580. The Labute approximate surface area is 258 Å². The molecule has 1 aromatic heterocycles. The maximum Gasteiger partial charge on any atom is 0.283 e. The molecule has 2 aromatic carbocycles. The minimum atomic E-state index is -4.27. The number of hydroxylamine groups is 1. The third-order valence-corrected chi connectivity index (χ3v) is 10.3. The molecule has 4 rings (SSSR count). The Morgan fingerprint density at radius 2 is 1.69 bits per heavy atom. The Balaban J connectivity index is 0.00000114. The third-order valence-electron chi connectivity index (χ3n) is 6.13. The standard InChI is InChI=1S/C25H29N3O6S4.C4H10/c1-2-26-34-38(32,33)19-9-17-28-21-11-4-6-13-23(21)36-25(28)15-7-14-24-27(16-8-18-37(29,30)31)20-10-3-5-12-22(20)35-24;1-3-4-2/h3-7,10-15,26H,2,8-9,16-19H2,1H3;3-4H2,1-2H3. The van der Waals surface area contributed by atoms with E-state index in [1.807, 2.05) is 71.3 Å². The average molecular weight is 654 g/mol. The molecule has 9 nitrogen and oxygen atoms in total. The van der Waals surface area contributed by atoms with E-state index in [9.17, 15) is 21.4 Å². The molecule has 0 saturated heterocycles. The molecule has 13 heteroatoms. The SMILES string of the molecule is CCCC.CCNOS(=O)(=O)CCCN1C(=CC=Cc2sc3ccccc3[n+]2CCCS(=O)(=O)[O-])Sc2ccccc21. The van der Waals surface area contributed by atoms with E-state index in [-0.39, 0.29) is 12.2 Å². The van der Waals surface area contributed by atoms with Gasteiger partial charge < -0.3 is 9.45 Å². The van der Waals surface area contributed by atoms with Crippen molar-refractivity contribution < 1.29 is 30.2 Å². The number of fused-ring (bicyclic) bond motifs is 2. The Morgan fingerprint density at radius 1 is 0.976 bits per heavy atom. The zero-order valence-corrected chi connectivity index (χ0v) is 27.5. The van der Waals surface area contributed by atoms with Gasteiger partial charge in [0.05, 0.1) is 26.6 Å². The molecule has 0 aliphatic carbocycles. The van der Waals surface area contributed by atoms with Gasteiger partial charge in [-0.3, -0.25) is 0 Å². The molecular weight excluding hydrogens is 615 g/mol. The summed E-state index contributed by atoms with van der Waals surface area (Å²) in [5.41, 5.74) is 4.41. The molecule has 230 valence electrons. The number of benzene rings is 2. The topological polar surface area (TPSA) is 120 Å². The van der Waals surface area contributed by atoms with Crippen LogP contribution in [0.4, 0.5) is 5.69 Å². The highest BCUT2D eigenvalue weighted by Gasteiger charge is 2.25. The first-order valence-corrected chi connectivity index (χ1v) is 18.8. The number of allylic oxidation sites excluding steroid dienone is 2. The van der Waals surface area contributed by atoms with Gasteiger partial charge in [0.2, 0.25) is 5.52 Å². The number of aryl methyl sites for hydroxylation is 1. The zero-order valence-electron chi connectivity index (χ0n) is 24.2. The summed E-state index contributed by atoms with van der Waals surface area (Å²) in [5, 5.41) is 1.91. The van der Waals surface area contributed by atoms with E-state index >= 15 is 0 Å². The van der Waals surface area contributed by atoms with Gasteiger partial charge in [0.1, 0.15) is 4.70 Å². The van der Waals surface area contributed by atoms with Gasteiger partial charge in [-0.15, -0.1) is 0 Å². The second kappa shape index (κ2) is 16.6. The van der Waals surface area contributed by atoms with Gasteiger partial charge in [0, 0.05) is 42.3 Å². The van der Waals surface area contributed by atoms with Crippen LogP contribution in [0.3, 0.4) is 0 Å². The van der Waals surface area contributed by atoms with Gasteiger partial charge >= 0.3 is 0 Å². The highest BCUT2D eigenvalue weighted by molar-refractivity contribution is 8.03.